The molecule has 2 aromatic carbocycles. The number of ether oxygens (including phenoxy) is 3. The summed E-state index contributed by atoms with van der Waals surface area (Å²) < 4.78 is 38.4. The number of hydrazine groups is 1. The molecule has 0 aliphatic carbocycles. The molecule has 0 heterocycles. The summed E-state index contributed by atoms with van der Waals surface area (Å²) in [5.74, 6) is -0.656. The predicted molar refractivity (Wildman–Crippen MR) is 128 cm³/mol. The first-order valence-corrected chi connectivity index (χ1v) is 12.4. The Balaban J connectivity index is 2.13. The van der Waals surface area contributed by atoms with Crippen LogP contribution in [0.25, 0.3) is 11.6 Å². The number of nitrogens with zero attached hydrogens (tertiary/aromatic N) is 3. The molecule has 13 heteroatoms. The first-order valence-electron chi connectivity index (χ1n) is 10.5. The third kappa shape index (κ3) is 8.91. The Hall–Kier alpha value is -4.13. The highest BCUT2D eigenvalue weighted by Crippen LogP contribution is 2.23. The van der Waals surface area contributed by atoms with Crippen molar-refractivity contribution in [3.63, 3.8) is 0 Å². The van der Waals surface area contributed by atoms with Gasteiger partial charge in [0.2, 0.25) is 5.28 Å². The molecule has 0 N–H and O–H groups in total. The molecule has 0 saturated carbocycles. The molecule has 0 aliphatic rings. The number of rotatable bonds is 12. The van der Waals surface area contributed by atoms with Crippen molar-refractivity contribution in [3.05, 3.63) is 64.9 Å². The second kappa shape index (κ2) is 13.1. The minimum Gasteiger partial charge on any atom is -0.569 e. The van der Waals surface area contributed by atoms with E-state index in [0.717, 1.165) is 11.3 Å². The summed E-state index contributed by atoms with van der Waals surface area (Å²) in [6.45, 7) is 0.485. The number of sulfone groups is 1. The van der Waals surface area contributed by atoms with Crippen LogP contribution < -0.4 is 4.74 Å². The lowest BCUT2D eigenvalue weighted by molar-refractivity contribution is -0.706. The lowest BCUT2D eigenvalue weighted by Crippen LogP contribution is -2.30. The normalized spacial score (nSPS) is 12.0. The summed E-state index contributed by atoms with van der Waals surface area (Å²) in [6, 6.07) is 12.8. The third-order valence-electron chi connectivity index (χ3n) is 4.62. The zero-order chi connectivity index (χ0) is 26.7. The summed E-state index contributed by atoms with van der Waals surface area (Å²) in [6.07, 6.45) is 2.68. The molecule has 0 radical (unpaired) electrons. The molecule has 2 rings (SSSR count). The van der Waals surface area contributed by atoms with Crippen molar-refractivity contribution >= 4 is 33.4 Å². The molecular formula is C23H27N3O9S. The average Bonchev–Trinajstić information content (AvgIpc) is 2.84. The second-order valence-electron chi connectivity index (χ2n) is 7.36. The molecule has 12 nitrogen and oxygen atoms in total. The van der Waals surface area contributed by atoms with Gasteiger partial charge in [0.25, 0.3) is 6.79 Å². The molecule has 194 valence electrons. The highest BCUT2D eigenvalue weighted by molar-refractivity contribution is 7.90. The summed E-state index contributed by atoms with van der Waals surface area (Å²) in [5.41, 5.74) is 1.33. The van der Waals surface area contributed by atoms with Gasteiger partial charge in [0.1, 0.15) is 18.9 Å². The van der Waals surface area contributed by atoms with E-state index in [1.165, 1.54) is 33.2 Å². The van der Waals surface area contributed by atoms with Crippen molar-refractivity contribution < 1.29 is 42.0 Å². The summed E-state index contributed by atoms with van der Waals surface area (Å²) in [7, 11) is -0.449. The van der Waals surface area contributed by atoms with Crippen molar-refractivity contribution in [2.75, 3.05) is 40.4 Å². The molecule has 36 heavy (non-hydrogen) atoms. The Morgan fingerprint density at radius 3 is 2.28 bits per heavy atom. The molecular weight excluding hydrogens is 494 g/mol. The maximum Gasteiger partial charge on any atom is 0.338 e. The monoisotopic (exact) mass is 521 g/mol. The van der Waals surface area contributed by atoms with Gasteiger partial charge in [-0.3, -0.25) is 4.79 Å². The van der Waals surface area contributed by atoms with Gasteiger partial charge < -0.3 is 24.3 Å². The van der Waals surface area contributed by atoms with E-state index in [0.29, 0.717) is 16.9 Å². The van der Waals surface area contributed by atoms with Crippen LogP contribution >= 0.6 is 0 Å². The lowest BCUT2D eigenvalue weighted by atomic mass is 10.0. The van der Waals surface area contributed by atoms with Crippen LogP contribution in [0.4, 0.5) is 0 Å². The molecule has 0 amide bonds. The quantitative estimate of drug-likeness (QED) is 0.0596. The average molecular weight is 522 g/mol. The Kier molecular flexibility index (Phi) is 10.2. The second-order valence-corrected chi connectivity index (χ2v) is 9.38. The fraction of sp³-hybridized carbons (Fsp3) is 0.304. The van der Waals surface area contributed by atoms with E-state index >= 15 is 0 Å². The number of hydrogen-bond donors (Lipinski definition) is 0. The van der Waals surface area contributed by atoms with Gasteiger partial charge in [-0.25, -0.2) is 13.2 Å². The van der Waals surface area contributed by atoms with Gasteiger partial charge in [0.15, 0.2) is 9.84 Å². The molecule has 0 saturated heterocycles. The van der Waals surface area contributed by atoms with E-state index in [1.54, 1.807) is 42.5 Å². The van der Waals surface area contributed by atoms with E-state index in [2.05, 4.69) is 14.9 Å². The number of methoxy groups -OCH3 is 1. The van der Waals surface area contributed by atoms with E-state index in [9.17, 15) is 23.2 Å². The highest BCUT2D eigenvalue weighted by Gasteiger charge is 2.16. The van der Waals surface area contributed by atoms with Gasteiger partial charge in [0, 0.05) is 13.2 Å². The zero-order valence-electron chi connectivity index (χ0n) is 20.2. The molecule has 0 fully saturated rings. The Bertz CT molecular complexity index is 1210. The smallest absolute Gasteiger partial charge is 0.338 e. The van der Waals surface area contributed by atoms with Crippen molar-refractivity contribution in [3.8, 4) is 5.75 Å². The van der Waals surface area contributed by atoms with Gasteiger partial charge in [0.05, 0.1) is 29.6 Å². The molecule has 0 spiro atoms. The number of carbonyl (C=O) groups excluding carboxylic acids is 2. The van der Waals surface area contributed by atoms with E-state index in [1.807, 2.05) is 0 Å². The first kappa shape index (κ1) is 28.1. The highest BCUT2D eigenvalue weighted by atomic mass is 32.2. The molecule has 0 aromatic heterocycles. The van der Waals surface area contributed by atoms with E-state index in [4.69, 9.17) is 9.47 Å². The van der Waals surface area contributed by atoms with Crippen molar-refractivity contribution in [1.29, 1.82) is 0 Å². The van der Waals surface area contributed by atoms with Gasteiger partial charge in [-0.1, -0.05) is 24.3 Å². The molecule has 0 atom stereocenters. The van der Waals surface area contributed by atoms with Crippen LogP contribution in [0.2, 0.25) is 0 Å². The standard InChI is InChI=1S/C23H27N3O9S/c1-17(27)34-16-35-24-26(29)25(2)13-14-33-23(28)22(19-7-9-20(32-3)10-8-19)15-18-5-11-21(12-6-18)36(4,30)31/h5-12,15H,13-14,16H2,1-4H3/b22-15+,26-24-. The topological polar surface area (TPSA) is 147 Å². The van der Waals surface area contributed by atoms with Crippen molar-refractivity contribution in [1.82, 2.24) is 5.01 Å². The third-order valence-corrected chi connectivity index (χ3v) is 5.75. The van der Waals surface area contributed by atoms with Crippen LogP contribution in [0.3, 0.4) is 0 Å². The minimum atomic E-state index is -3.36. The zero-order valence-corrected chi connectivity index (χ0v) is 21.1. The van der Waals surface area contributed by atoms with E-state index < -0.39 is 28.6 Å². The van der Waals surface area contributed by atoms with Crippen LogP contribution in [-0.2, 0) is 33.7 Å². The predicted octanol–water partition coefficient (Wildman–Crippen LogP) is 2.44. The number of benzene rings is 2. The number of esters is 2. The van der Waals surface area contributed by atoms with Gasteiger partial charge in [-0.05, 0) is 41.5 Å². The fourth-order valence-corrected chi connectivity index (χ4v) is 3.32. The Labute approximate surface area is 208 Å². The summed E-state index contributed by atoms with van der Waals surface area (Å²) >= 11 is 0. The minimum absolute atomic E-state index is 0.0192. The molecule has 0 unspecified atom stereocenters. The van der Waals surface area contributed by atoms with Crippen molar-refractivity contribution in [2.45, 2.75) is 11.8 Å². The fourth-order valence-electron chi connectivity index (χ4n) is 2.69. The Morgan fingerprint density at radius 2 is 1.72 bits per heavy atom. The number of likely N-dealkylation sites (N-methyl/N-ethyl adjacent to an activating group) is 1. The van der Waals surface area contributed by atoms with Crippen LogP contribution in [-0.4, -0.2) is 70.7 Å². The number of hydrogen-bond acceptors (Lipinski definition) is 10. The van der Waals surface area contributed by atoms with Crippen LogP contribution in [0.15, 0.2) is 58.7 Å². The number of carbonyl (C=O) groups is 2. The molecule has 0 aliphatic heterocycles. The summed E-state index contributed by atoms with van der Waals surface area (Å²) in [4.78, 5) is 28.4. The SMILES string of the molecule is COc1ccc(/C(=C\c2ccc(S(C)(=O)=O)cc2)C(=O)OCCN(C)/[N+]([O-])=N/OCOC(C)=O)cc1. The van der Waals surface area contributed by atoms with Gasteiger partial charge in [-0.15, -0.1) is 5.01 Å². The maximum atomic E-state index is 12.9. The van der Waals surface area contributed by atoms with Gasteiger partial charge >= 0.3 is 11.9 Å². The van der Waals surface area contributed by atoms with Crippen molar-refractivity contribution in [2.24, 2.45) is 5.28 Å². The largest absolute Gasteiger partial charge is 0.569 e. The Morgan fingerprint density at radius 1 is 1.08 bits per heavy atom. The van der Waals surface area contributed by atoms with Crippen LogP contribution in [0.5, 0.6) is 5.75 Å². The van der Waals surface area contributed by atoms with E-state index in [-0.39, 0.29) is 28.6 Å². The lowest BCUT2D eigenvalue weighted by Gasteiger charge is -2.14. The molecule has 0 bridgehead atoms. The maximum absolute atomic E-state index is 12.9. The van der Waals surface area contributed by atoms with Crippen LogP contribution in [0, 0.1) is 5.21 Å². The first-order chi connectivity index (χ1) is 17.0. The van der Waals surface area contributed by atoms with Crippen LogP contribution in [0.1, 0.15) is 18.1 Å². The van der Waals surface area contributed by atoms with Gasteiger partial charge in [-0.2, -0.15) is 0 Å². The summed E-state index contributed by atoms with van der Waals surface area (Å²) in [5, 5.41) is 16.1. The molecule has 2 aromatic rings.